The van der Waals surface area contributed by atoms with Gasteiger partial charge in [-0.25, -0.2) is 4.68 Å². The molecule has 1 fully saturated rings. The molecule has 0 bridgehead atoms. The number of hydrogen-bond donors (Lipinski definition) is 2. The second kappa shape index (κ2) is 8.49. The average molecular weight is 432 g/mol. The molecule has 30 heavy (non-hydrogen) atoms. The minimum atomic E-state index is -0.389. The first-order valence-electron chi connectivity index (χ1n) is 10.5. The van der Waals surface area contributed by atoms with Crippen molar-refractivity contribution in [2.75, 3.05) is 19.6 Å². The number of aliphatic hydroxyl groups excluding tert-OH is 1. The van der Waals surface area contributed by atoms with Crippen molar-refractivity contribution in [2.45, 2.75) is 58.2 Å². The Morgan fingerprint density at radius 3 is 2.93 bits per heavy atom. The van der Waals surface area contributed by atoms with E-state index in [4.69, 9.17) is 0 Å². The molecule has 4 heterocycles. The maximum absolute atomic E-state index is 13.0. The molecule has 0 saturated carbocycles. The van der Waals surface area contributed by atoms with Gasteiger partial charge in [0.2, 0.25) is 5.91 Å². The van der Waals surface area contributed by atoms with E-state index in [1.165, 1.54) is 4.68 Å². The lowest BCUT2D eigenvalue weighted by Gasteiger charge is -2.33. The van der Waals surface area contributed by atoms with E-state index in [9.17, 15) is 14.7 Å². The number of thiophene rings is 1. The third-order valence-electron chi connectivity index (χ3n) is 5.52. The van der Waals surface area contributed by atoms with Crippen LogP contribution in [0.1, 0.15) is 45.4 Å². The first kappa shape index (κ1) is 21.0. The van der Waals surface area contributed by atoms with E-state index < -0.39 is 0 Å². The van der Waals surface area contributed by atoms with E-state index in [2.05, 4.69) is 15.3 Å². The topological polar surface area (TPSA) is 91.9 Å². The van der Waals surface area contributed by atoms with Gasteiger partial charge in [0.1, 0.15) is 22.7 Å². The fourth-order valence-corrected chi connectivity index (χ4v) is 5.16. The van der Waals surface area contributed by atoms with E-state index in [0.717, 1.165) is 35.4 Å². The first-order valence-corrected chi connectivity index (χ1v) is 11.4. The second-order valence-electron chi connectivity index (χ2n) is 8.54. The molecule has 9 heteroatoms. The summed E-state index contributed by atoms with van der Waals surface area (Å²) in [4.78, 5) is 28.9. The number of fused-ring (bicyclic) bond motifs is 3. The number of nitrogens with one attached hydrogen (secondary N) is 1. The van der Waals surface area contributed by atoms with E-state index in [1.807, 2.05) is 35.8 Å². The maximum Gasteiger partial charge on any atom is 0.291 e. The Balaban J connectivity index is 1.55. The van der Waals surface area contributed by atoms with Crippen LogP contribution in [0.2, 0.25) is 0 Å². The number of likely N-dealkylation sites (tertiary alicyclic amines) is 1. The van der Waals surface area contributed by atoms with E-state index in [-0.39, 0.29) is 36.1 Å². The van der Waals surface area contributed by atoms with Crippen molar-refractivity contribution in [1.82, 2.24) is 24.4 Å². The summed E-state index contributed by atoms with van der Waals surface area (Å²) in [5.74, 6) is 0.670. The standard InChI is InChI=1S/C21H29N5O3S/c1-13(2)19-23-25(20(29)17-9-15-6-8-30-21(15)26(17)19)12-18(28)22-16-5-4-7-24(11-16)10-14(3)27/h6,8-9,13-14,16,27H,4-5,7,10-12H2,1-3H3,(H,22,28)/t14?,16-/m1/s1. The van der Waals surface area contributed by atoms with Crippen LogP contribution in [-0.2, 0) is 11.3 Å². The summed E-state index contributed by atoms with van der Waals surface area (Å²) >= 11 is 1.58. The Bertz CT molecular complexity index is 1110. The third-order valence-corrected chi connectivity index (χ3v) is 6.43. The summed E-state index contributed by atoms with van der Waals surface area (Å²) in [5, 5.41) is 20.2. The second-order valence-corrected chi connectivity index (χ2v) is 9.43. The number of carbonyl (C=O) groups excluding carboxylic acids is 1. The summed E-state index contributed by atoms with van der Waals surface area (Å²) in [6.45, 7) is 7.99. The van der Waals surface area contributed by atoms with E-state index in [0.29, 0.717) is 18.6 Å². The molecule has 1 aliphatic rings. The van der Waals surface area contributed by atoms with Crippen molar-refractivity contribution < 1.29 is 9.90 Å². The Labute approximate surface area is 179 Å². The van der Waals surface area contributed by atoms with Crippen LogP contribution in [0.5, 0.6) is 0 Å². The highest BCUT2D eigenvalue weighted by atomic mass is 32.1. The van der Waals surface area contributed by atoms with Crippen LogP contribution in [0.3, 0.4) is 0 Å². The normalized spacial score (nSPS) is 19.0. The lowest BCUT2D eigenvalue weighted by molar-refractivity contribution is -0.123. The van der Waals surface area contributed by atoms with Gasteiger partial charge < -0.3 is 10.4 Å². The molecule has 8 nitrogen and oxygen atoms in total. The molecule has 3 aromatic rings. The number of carbonyl (C=O) groups is 1. The molecule has 2 atom stereocenters. The zero-order valence-corrected chi connectivity index (χ0v) is 18.5. The van der Waals surface area contributed by atoms with Gasteiger partial charge in [0.25, 0.3) is 5.56 Å². The average Bonchev–Trinajstić information content (AvgIpc) is 3.25. The number of amides is 1. The zero-order chi connectivity index (χ0) is 21.4. The summed E-state index contributed by atoms with van der Waals surface area (Å²) in [6.07, 6.45) is 1.48. The number of aromatic nitrogens is 3. The van der Waals surface area contributed by atoms with Crippen molar-refractivity contribution in [2.24, 2.45) is 0 Å². The van der Waals surface area contributed by atoms with Crippen LogP contribution in [0.25, 0.3) is 15.7 Å². The maximum atomic E-state index is 13.0. The van der Waals surface area contributed by atoms with Crippen LogP contribution >= 0.6 is 11.3 Å². The number of rotatable bonds is 6. The highest BCUT2D eigenvalue weighted by Crippen LogP contribution is 2.26. The number of β-amino-alcohol motifs (C(OH)–C–C–N with tert-alkyl or cyclic N) is 1. The molecule has 4 rings (SSSR count). The molecule has 0 spiro atoms. The molecule has 2 N–H and O–H groups in total. The number of piperidine rings is 1. The largest absolute Gasteiger partial charge is 0.392 e. The highest BCUT2D eigenvalue weighted by Gasteiger charge is 2.23. The molecule has 1 aliphatic heterocycles. The Morgan fingerprint density at radius 1 is 1.40 bits per heavy atom. The smallest absolute Gasteiger partial charge is 0.291 e. The highest BCUT2D eigenvalue weighted by molar-refractivity contribution is 7.16. The van der Waals surface area contributed by atoms with Crippen molar-refractivity contribution in [3.63, 3.8) is 0 Å². The number of nitrogens with zero attached hydrogens (tertiary/aromatic N) is 4. The Morgan fingerprint density at radius 2 is 2.20 bits per heavy atom. The molecule has 3 aromatic heterocycles. The van der Waals surface area contributed by atoms with Crippen molar-refractivity contribution in [3.05, 3.63) is 33.7 Å². The van der Waals surface area contributed by atoms with Crippen molar-refractivity contribution in [3.8, 4) is 0 Å². The molecule has 0 radical (unpaired) electrons. The zero-order valence-electron chi connectivity index (χ0n) is 17.7. The molecule has 1 unspecified atom stereocenters. The van der Waals surface area contributed by atoms with Gasteiger partial charge in [0.15, 0.2) is 0 Å². The van der Waals surface area contributed by atoms with Gasteiger partial charge in [-0.1, -0.05) is 13.8 Å². The number of aliphatic hydroxyl groups is 1. The van der Waals surface area contributed by atoms with Gasteiger partial charge in [-0.15, -0.1) is 11.3 Å². The molecule has 1 saturated heterocycles. The van der Waals surface area contributed by atoms with Crippen LogP contribution < -0.4 is 10.9 Å². The molecule has 1 amide bonds. The molecular weight excluding hydrogens is 402 g/mol. The fourth-order valence-electron chi connectivity index (χ4n) is 4.26. The van der Waals surface area contributed by atoms with Crippen LogP contribution in [0.4, 0.5) is 0 Å². The monoisotopic (exact) mass is 431 g/mol. The summed E-state index contributed by atoms with van der Waals surface area (Å²) in [6, 6.07) is 3.90. The van der Waals surface area contributed by atoms with Crippen LogP contribution in [0.15, 0.2) is 22.3 Å². The lowest BCUT2D eigenvalue weighted by atomic mass is 10.1. The summed E-state index contributed by atoms with van der Waals surface area (Å²) in [7, 11) is 0. The molecule has 0 aliphatic carbocycles. The van der Waals surface area contributed by atoms with E-state index in [1.54, 1.807) is 18.3 Å². The van der Waals surface area contributed by atoms with Gasteiger partial charge >= 0.3 is 0 Å². The minimum absolute atomic E-state index is 0.0210. The Hall–Kier alpha value is -2.23. The minimum Gasteiger partial charge on any atom is -0.392 e. The SMILES string of the molecule is CC(O)CN1CCC[C@@H](NC(=O)Cn2nc(C(C)C)n3c(cc4ccsc43)c2=O)C1. The number of hydrogen-bond acceptors (Lipinski definition) is 6. The van der Waals surface area contributed by atoms with Gasteiger partial charge in [-0.05, 0) is 43.8 Å². The van der Waals surface area contributed by atoms with Crippen LogP contribution in [-0.4, -0.2) is 61.9 Å². The predicted octanol–water partition coefficient (Wildman–Crippen LogP) is 1.80. The van der Waals surface area contributed by atoms with Crippen molar-refractivity contribution in [1.29, 1.82) is 0 Å². The fraction of sp³-hybridized carbons (Fsp3) is 0.571. The van der Waals surface area contributed by atoms with Gasteiger partial charge in [-0.3, -0.25) is 18.9 Å². The van der Waals surface area contributed by atoms with Gasteiger partial charge in [0.05, 0.1) is 6.10 Å². The predicted molar refractivity (Wildman–Crippen MR) is 118 cm³/mol. The quantitative estimate of drug-likeness (QED) is 0.621. The Kier molecular flexibility index (Phi) is 5.95. The van der Waals surface area contributed by atoms with Crippen LogP contribution in [0, 0.1) is 0 Å². The van der Waals surface area contributed by atoms with Crippen molar-refractivity contribution >= 4 is 33.0 Å². The molecular formula is C21H29N5O3S. The molecule has 162 valence electrons. The summed E-state index contributed by atoms with van der Waals surface area (Å²) < 4.78 is 3.22. The van der Waals surface area contributed by atoms with E-state index >= 15 is 0 Å². The third kappa shape index (κ3) is 4.14. The lowest BCUT2D eigenvalue weighted by Crippen LogP contribution is -2.50. The van der Waals surface area contributed by atoms with Gasteiger partial charge in [-0.2, -0.15) is 5.10 Å². The molecule has 0 aromatic carbocycles. The summed E-state index contributed by atoms with van der Waals surface area (Å²) in [5.41, 5.74) is 0.307. The van der Waals surface area contributed by atoms with Gasteiger partial charge in [0, 0.05) is 30.4 Å². The first-order chi connectivity index (χ1) is 14.3.